The molecule has 0 spiro atoms. The third-order valence-electron chi connectivity index (χ3n) is 1.31. The summed E-state index contributed by atoms with van der Waals surface area (Å²) in [6.07, 6.45) is 0. The molecule has 1 aromatic rings. The van der Waals surface area contributed by atoms with Crippen LogP contribution in [-0.4, -0.2) is 5.09 Å². The van der Waals surface area contributed by atoms with Crippen LogP contribution in [0.25, 0.3) is 0 Å². The maximum absolute atomic E-state index is 10.7. The van der Waals surface area contributed by atoms with E-state index in [0.717, 1.165) is 5.56 Å². The summed E-state index contributed by atoms with van der Waals surface area (Å²) < 4.78 is 19.0. The molecular weight excluding hydrogens is 209 g/mol. The van der Waals surface area contributed by atoms with Crippen molar-refractivity contribution >= 4 is 8.25 Å². The Morgan fingerprint density at radius 3 is 2.57 bits per heavy atom. The molecule has 14 heavy (non-hydrogen) atoms. The molecule has 0 N–H and O–H groups in total. The molecule has 0 radical (unpaired) electrons. The van der Waals surface area contributed by atoms with Gasteiger partial charge in [0, 0.05) is 4.57 Å². The summed E-state index contributed by atoms with van der Waals surface area (Å²) in [5, 5.41) is 8.59. The van der Waals surface area contributed by atoms with Gasteiger partial charge in [-0.05, 0) is 10.2 Å². The predicted molar refractivity (Wildman–Crippen MR) is 46.9 cm³/mol. The minimum atomic E-state index is -2.69. The SMILES string of the molecule is O=[N+]([O-])O[P+](=O)OCc1ccccc1. The van der Waals surface area contributed by atoms with Crippen LogP contribution in [0.3, 0.4) is 0 Å². The predicted octanol–water partition coefficient (Wildman–Crippen LogP) is 2.07. The van der Waals surface area contributed by atoms with Crippen molar-refractivity contribution in [3.63, 3.8) is 0 Å². The molecule has 0 aliphatic carbocycles. The molecule has 1 atom stereocenters. The highest BCUT2D eigenvalue weighted by Gasteiger charge is 2.25. The lowest BCUT2D eigenvalue weighted by atomic mass is 10.2. The van der Waals surface area contributed by atoms with Gasteiger partial charge in [-0.3, -0.25) is 0 Å². The van der Waals surface area contributed by atoms with Crippen LogP contribution in [0.2, 0.25) is 0 Å². The van der Waals surface area contributed by atoms with Gasteiger partial charge in [-0.25, -0.2) is 0 Å². The number of benzene rings is 1. The first-order chi connectivity index (χ1) is 6.68. The first kappa shape index (κ1) is 10.6. The Morgan fingerprint density at radius 2 is 2.00 bits per heavy atom. The van der Waals surface area contributed by atoms with Crippen molar-refractivity contribution in [1.29, 1.82) is 0 Å². The Bertz CT molecular complexity index is 328. The number of hydrogen-bond donors (Lipinski definition) is 0. The van der Waals surface area contributed by atoms with Crippen LogP contribution >= 0.6 is 8.25 Å². The van der Waals surface area contributed by atoms with E-state index in [4.69, 9.17) is 0 Å². The zero-order valence-corrected chi connectivity index (χ0v) is 7.92. The highest BCUT2D eigenvalue weighted by Crippen LogP contribution is 2.25. The summed E-state index contributed by atoms with van der Waals surface area (Å²) in [6.45, 7) is 0.0177. The van der Waals surface area contributed by atoms with Crippen molar-refractivity contribution < 1.29 is 18.8 Å². The first-order valence-electron chi connectivity index (χ1n) is 3.65. The molecule has 0 aliphatic rings. The summed E-state index contributed by atoms with van der Waals surface area (Å²) in [6, 6.07) is 8.86. The topological polar surface area (TPSA) is 78.7 Å². The molecule has 0 aromatic heterocycles. The van der Waals surface area contributed by atoms with E-state index in [1.165, 1.54) is 0 Å². The fraction of sp³-hybridized carbons (Fsp3) is 0.143. The summed E-state index contributed by atoms with van der Waals surface area (Å²) >= 11 is 0. The Labute approximate surface area is 80.5 Å². The van der Waals surface area contributed by atoms with E-state index in [1.807, 2.05) is 6.07 Å². The van der Waals surface area contributed by atoms with Gasteiger partial charge in [0.05, 0.1) is 0 Å². The van der Waals surface area contributed by atoms with Crippen LogP contribution in [0.15, 0.2) is 30.3 Å². The molecule has 0 amide bonds. The van der Waals surface area contributed by atoms with Crippen LogP contribution in [-0.2, 0) is 20.3 Å². The van der Waals surface area contributed by atoms with Crippen molar-refractivity contribution in [2.45, 2.75) is 6.61 Å². The molecule has 0 heterocycles. The zero-order chi connectivity index (χ0) is 10.4. The highest BCUT2D eigenvalue weighted by atomic mass is 31.1. The molecule has 1 unspecified atom stereocenters. The molecule has 0 aliphatic heterocycles. The van der Waals surface area contributed by atoms with Gasteiger partial charge in [-0.1, -0.05) is 30.3 Å². The standard InChI is InChI=1S/C7H7NO5P/c9-8(10)13-14(11)12-6-7-4-2-1-3-5-7/h1-5H,6H2/q+1. The lowest BCUT2D eigenvalue weighted by molar-refractivity contribution is -0.714. The maximum atomic E-state index is 10.7. The van der Waals surface area contributed by atoms with E-state index in [2.05, 4.69) is 9.15 Å². The fourth-order valence-electron chi connectivity index (χ4n) is 0.779. The van der Waals surface area contributed by atoms with Gasteiger partial charge in [0.1, 0.15) is 6.61 Å². The summed E-state index contributed by atoms with van der Waals surface area (Å²) in [5.41, 5.74) is 0.766. The van der Waals surface area contributed by atoms with Gasteiger partial charge in [0.2, 0.25) is 0 Å². The van der Waals surface area contributed by atoms with E-state index >= 15 is 0 Å². The number of nitrogens with zero attached hydrogens (tertiary/aromatic N) is 1. The largest absolute Gasteiger partial charge is 0.741 e. The molecule has 6 nitrogen and oxygen atoms in total. The lowest BCUT2D eigenvalue weighted by Crippen LogP contribution is -1.94. The minimum Gasteiger partial charge on any atom is -0.113 e. The second-order valence-corrected chi connectivity index (χ2v) is 3.16. The van der Waals surface area contributed by atoms with Crippen molar-refractivity contribution in [3.05, 3.63) is 46.0 Å². The lowest BCUT2D eigenvalue weighted by Gasteiger charge is -1.91. The summed E-state index contributed by atoms with van der Waals surface area (Å²) in [5.74, 6) is 0. The normalized spacial score (nSPS) is 10.7. The second kappa shape index (κ2) is 5.26. The van der Waals surface area contributed by atoms with E-state index in [-0.39, 0.29) is 6.61 Å². The van der Waals surface area contributed by atoms with Gasteiger partial charge in [-0.15, -0.1) is 14.6 Å². The van der Waals surface area contributed by atoms with Gasteiger partial charge in [-0.2, -0.15) is 0 Å². The molecule has 7 heteroatoms. The Balaban J connectivity index is 2.34. The summed E-state index contributed by atoms with van der Waals surface area (Å²) in [7, 11) is -2.69. The summed E-state index contributed by atoms with van der Waals surface area (Å²) in [4.78, 5) is 9.74. The Kier molecular flexibility index (Phi) is 3.97. The van der Waals surface area contributed by atoms with E-state index in [1.54, 1.807) is 24.3 Å². The monoisotopic (exact) mass is 216 g/mol. The molecule has 0 fully saturated rings. The van der Waals surface area contributed by atoms with Gasteiger partial charge in [0.15, 0.2) is 0 Å². The average Bonchev–Trinajstić information content (AvgIpc) is 2.15. The van der Waals surface area contributed by atoms with E-state index < -0.39 is 13.3 Å². The smallest absolute Gasteiger partial charge is 0.113 e. The van der Waals surface area contributed by atoms with E-state index in [0.29, 0.717) is 0 Å². The van der Waals surface area contributed by atoms with Crippen LogP contribution in [0.4, 0.5) is 0 Å². The second-order valence-electron chi connectivity index (χ2n) is 2.29. The van der Waals surface area contributed by atoms with Crippen LogP contribution < -0.4 is 0 Å². The molecule has 74 valence electrons. The highest BCUT2D eigenvalue weighted by molar-refractivity contribution is 7.33. The van der Waals surface area contributed by atoms with Crippen LogP contribution in [0, 0.1) is 10.1 Å². The molecular formula is C7H7NO5P+. The first-order valence-corrected chi connectivity index (χ1v) is 4.74. The number of rotatable bonds is 5. The Hall–Kier alpha value is -1.52. The van der Waals surface area contributed by atoms with Gasteiger partial charge in [0.25, 0.3) is 0 Å². The third-order valence-corrected chi connectivity index (χ3v) is 1.92. The fourth-order valence-corrected chi connectivity index (χ4v) is 1.19. The zero-order valence-electron chi connectivity index (χ0n) is 7.03. The molecule has 0 saturated heterocycles. The van der Waals surface area contributed by atoms with Crippen molar-refractivity contribution in [3.8, 4) is 0 Å². The van der Waals surface area contributed by atoms with Gasteiger partial charge < -0.3 is 0 Å². The minimum absolute atomic E-state index is 0.0177. The molecule has 0 saturated carbocycles. The van der Waals surface area contributed by atoms with Gasteiger partial charge >= 0.3 is 13.3 Å². The van der Waals surface area contributed by atoms with Crippen molar-refractivity contribution in [2.75, 3.05) is 0 Å². The maximum Gasteiger partial charge on any atom is 0.741 e. The molecule has 1 rings (SSSR count). The van der Waals surface area contributed by atoms with Crippen molar-refractivity contribution in [1.82, 2.24) is 0 Å². The molecule has 1 aromatic carbocycles. The van der Waals surface area contributed by atoms with E-state index in [9.17, 15) is 14.7 Å². The molecule has 0 bridgehead atoms. The van der Waals surface area contributed by atoms with Crippen LogP contribution in [0.1, 0.15) is 5.56 Å². The quantitative estimate of drug-likeness (QED) is 0.427. The Morgan fingerprint density at radius 1 is 1.36 bits per heavy atom. The number of hydrogen-bond acceptors (Lipinski definition) is 5. The van der Waals surface area contributed by atoms with Crippen molar-refractivity contribution in [2.24, 2.45) is 0 Å². The van der Waals surface area contributed by atoms with Crippen LogP contribution in [0.5, 0.6) is 0 Å². The average molecular weight is 216 g/mol. The third kappa shape index (κ3) is 3.93.